The molecule has 2 aromatic rings. The summed E-state index contributed by atoms with van der Waals surface area (Å²) in [6, 6.07) is 7.43. The largest absolute Gasteiger partial charge is 0.416 e. The number of alkyl halides is 3. The van der Waals surface area contributed by atoms with E-state index in [9.17, 15) is 18.0 Å². The van der Waals surface area contributed by atoms with Crippen LogP contribution in [-0.4, -0.2) is 12.5 Å². The van der Waals surface area contributed by atoms with Gasteiger partial charge in [-0.25, -0.2) is 0 Å². The molecule has 1 heterocycles. The fourth-order valence-electron chi connectivity index (χ4n) is 4.01. The summed E-state index contributed by atoms with van der Waals surface area (Å²) in [5, 5.41) is 3.09. The van der Waals surface area contributed by atoms with E-state index in [2.05, 4.69) is 16.3 Å². The van der Waals surface area contributed by atoms with Gasteiger partial charge in [-0.1, -0.05) is 32.9 Å². The van der Waals surface area contributed by atoms with E-state index in [4.69, 9.17) is 0 Å². The lowest BCUT2D eigenvalue weighted by molar-refractivity contribution is -0.137. The molecule has 2 aromatic carbocycles. The van der Waals surface area contributed by atoms with Crippen LogP contribution < -0.4 is 10.2 Å². The quantitative estimate of drug-likeness (QED) is 0.636. The molecule has 0 aromatic heterocycles. The summed E-state index contributed by atoms with van der Waals surface area (Å²) in [7, 11) is 0. The number of rotatable bonds is 4. The lowest BCUT2D eigenvalue weighted by atomic mass is 9.91. The SMILES string of the molecule is Cc1cc2c(c(C)c1NC(=O)CC(C)(C)C)CCN2Cc1ccc(C(F)(F)F)cc1. The van der Waals surface area contributed by atoms with E-state index in [0.717, 1.165) is 53.2 Å². The van der Waals surface area contributed by atoms with Gasteiger partial charge in [0.1, 0.15) is 0 Å². The van der Waals surface area contributed by atoms with Crippen LogP contribution in [0.4, 0.5) is 24.5 Å². The maximum absolute atomic E-state index is 12.8. The number of hydrogen-bond donors (Lipinski definition) is 1. The van der Waals surface area contributed by atoms with Crippen LogP contribution in [0.15, 0.2) is 30.3 Å². The third-order valence-electron chi connectivity index (χ3n) is 5.47. The van der Waals surface area contributed by atoms with Crippen LogP contribution in [0.25, 0.3) is 0 Å². The number of benzene rings is 2. The molecule has 1 N–H and O–H groups in total. The zero-order valence-electron chi connectivity index (χ0n) is 18.2. The van der Waals surface area contributed by atoms with Gasteiger partial charge in [0.05, 0.1) is 5.56 Å². The highest BCUT2D eigenvalue weighted by Crippen LogP contribution is 2.38. The van der Waals surface area contributed by atoms with Gasteiger partial charge < -0.3 is 10.2 Å². The molecule has 0 saturated carbocycles. The smallest absolute Gasteiger partial charge is 0.367 e. The third-order valence-corrected chi connectivity index (χ3v) is 5.47. The highest BCUT2D eigenvalue weighted by atomic mass is 19.4. The molecule has 3 nitrogen and oxygen atoms in total. The van der Waals surface area contributed by atoms with Crippen molar-refractivity contribution in [3.63, 3.8) is 0 Å². The maximum Gasteiger partial charge on any atom is 0.416 e. The second kappa shape index (κ2) is 7.97. The molecule has 30 heavy (non-hydrogen) atoms. The van der Waals surface area contributed by atoms with Gasteiger partial charge in [0, 0.05) is 30.9 Å². The highest BCUT2D eigenvalue weighted by molar-refractivity contribution is 5.93. The van der Waals surface area contributed by atoms with Crippen molar-refractivity contribution in [3.8, 4) is 0 Å². The molecule has 0 spiro atoms. The summed E-state index contributed by atoms with van der Waals surface area (Å²) in [4.78, 5) is 14.6. The Morgan fingerprint density at radius 1 is 1.10 bits per heavy atom. The summed E-state index contributed by atoms with van der Waals surface area (Å²) in [6.07, 6.45) is -3.02. The number of nitrogens with zero attached hydrogens (tertiary/aromatic N) is 1. The molecule has 0 aliphatic carbocycles. The first-order valence-corrected chi connectivity index (χ1v) is 10.2. The van der Waals surface area contributed by atoms with Crippen LogP contribution in [0.2, 0.25) is 0 Å². The standard InChI is InChI=1S/C24H29F3N2O/c1-15-12-20-19(16(2)22(15)28-21(30)13-23(3,4)5)10-11-29(20)14-17-6-8-18(9-7-17)24(25,26)27/h6-9,12H,10-11,13-14H2,1-5H3,(H,28,30). The summed E-state index contributed by atoms with van der Waals surface area (Å²) < 4.78 is 38.4. The van der Waals surface area contributed by atoms with Gasteiger partial charge in [0.2, 0.25) is 5.91 Å². The number of anilines is 2. The summed E-state index contributed by atoms with van der Waals surface area (Å²) >= 11 is 0. The average molecular weight is 419 g/mol. The molecule has 0 fully saturated rings. The monoisotopic (exact) mass is 418 g/mol. The summed E-state index contributed by atoms with van der Waals surface area (Å²) in [5.41, 5.74) is 5.36. The van der Waals surface area contributed by atoms with Crippen LogP contribution >= 0.6 is 0 Å². The van der Waals surface area contributed by atoms with E-state index in [1.165, 1.54) is 5.56 Å². The molecule has 6 heteroatoms. The van der Waals surface area contributed by atoms with Gasteiger partial charge in [-0.05, 0) is 66.1 Å². The van der Waals surface area contributed by atoms with Gasteiger partial charge in [-0.15, -0.1) is 0 Å². The van der Waals surface area contributed by atoms with Gasteiger partial charge in [-0.2, -0.15) is 13.2 Å². The first-order valence-electron chi connectivity index (χ1n) is 10.2. The first-order chi connectivity index (χ1) is 13.8. The maximum atomic E-state index is 12.8. The summed E-state index contributed by atoms with van der Waals surface area (Å²) in [6.45, 7) is 11.5. The van der Waals surface area contributed by atoms with Crippen LogP contribution in [0.3, 0.4) is 0 Å². The normalized spacial score (nSPS) is 14.1. The first kappa shape index (κ1) is 22.2. The second-order valence-corrected chi connectivity index (χ2v) is 9.34. The number of carbonyl (C=O) groups excluding carboxylic acids is 1. The van der Waals surface area contributed by atoms with Crippen molar-refractivity contribution in [1.82, 2.24) is 0 Å². The average Bonchev–Trinajstić information content (AvgIpc) is 2.99. The van der Waals surface area contributed by atoms with E-state index in [0.29, 0.717) is 13.0 Å². The van der Waals surface area contributed by atoms with E-state index in [1.54, 1.807) is 12.1 Å². The Kier molecular flexibility index (Phi) is 5.89. The van der Waals surface area contributed by atoms with Gasteiger partial charge in [0.25, 0.3) is 0 Å². The lowest BCUT2D eigenvalue weighted by Gasteiger charge is -2.23. The molecule has 0 saturated heterocycles. The van der Waals surface area contributed by atoms with Crippen molar-refractivity contribution < 1.29 is 18.0 Å². The van der Waals surface area contributed by atoms with Gasteiger partial charge in [0.15, 0.2) is 0 Å². The minimum Gasteiger partial charge on any atom is -0.367 e. The van der Waals surface area contributed by atoms with Crippen molar-refractivity contribution in [2.75, 3.05) is 16.8 Å². The Bertz CT molecular complexity index is 941. The lowest BCUT2D eigenvalue weighted by Crippen LogP contribution is -2.21. The fourth-order valence-corrected chi connectivity index (χ4v) is 4.01. The van der Waals surface area contributed by atoms with E-state index in [1.807, 2.05) is 34.6 Å². The molecule has 0 atom stereocenters. The molecule has 0 radical (unpaired) electrons. The van der Waals surface area contributed by atoms with Crippen LogP contribution in [0.5, 0.6) is 0 Å². The van der Waals surface area contributed by atoms with E-state index >= 15 is 0 Å². The molecule has 162 valence electrons. The number of carbonyl (C=O) groups is 1. The van der Waals surface area contributed by atoms with Gasteiger partial charge in [-0.3, -0.25) is 4.79 Å². The Labute approximate surface area is 176 Å². The molecule has 0 unspecified atom stereocenters. The molecule has 1 aliphatic heterocycles. The molecule has 3 rings (SSSR count). The molecule has 1 aliphatic rings. The van der Waals surface area contributed by atoms with Crippen molar-refractivity contribution in [2.24, 2.45) is 5.41 Å². The molecular formula is C24H29F3N2O. The van der Waals surface area contributed by atoms with Crippen molar-refractivity contribution >= 4 is 17.3 Å². The molecule has 1 amide bonds. The van der Waals surface area contributed by atoms with Crippen molar-refractivity contribution in [2.45, 2.75) is 60.2 Å². The van der Waals surface area contributed by atoms with Crippen LogP contribution in [0, 0.1) is 19.3 Å². The predicted octanol–water partition coefficient (Wildman–Crippen LogP) is 6.26. The van der Waals surface area contributed by atoms with Crippen molar-refractivity contribution in [1.29, 1.82) is 0 Å². The van der Waals surface area contributed by atoms with E-state index in [-0.39, 0.29) is 11.3 Å². The molecular weight excluding hydrogens is 389 g/mol. The number of aryl methyl sites for hydroxylation is 1. The molecule has 0 bridgehead atoms. The number of fused-ring (bicyclic) bond motifs is 1. The highest BCUT2D eigenvalue weighted by Gasteiger charge is 2.30. The summed E-state index contributed by atoms with van der Waals surface area (Å²) in [5.74, 6) is 0.00765. The zero-order chi connectivity index (χ0) is 22.3. The van der Waals surface area contributed by atoms with Gasteiger partial charge >= 0.3 is 6.18 Å². The third kappa shape index (κ3) is 4.97. The van der Waals surface area contributed by atoms with Crippen LogP contribution in [-0.2, 0) is 23.9 Å². The number of hydrogen-bond acceptors (Lipinski definition) is 2. The predicted molar refractivity (Wildman–Crippen MR) is 115 cm³/mol. The van der Waals surface area contributed by atoms with Crippen LogP contribution in [0.1, 0.15) is 55.0 Å². The topological polar surface area (TPSA) is 32.3 Å². The Hall–Kier alpha value is -2.50. The number of halogens is 3. The minimum atomic E-state index is -4.32. The zero-order valence-corrected chi connectivity index (χ0v) is 18.2. The van der Waals surface area contributed by atoms with E-state index < -0.39 is 11.7 Å². The number of amides is 1. The second-order valence-electron chi connectivity index (χ2n) is 9.34. The number of nitrogens with one attached hydrogen (secondary N) is 1. The Balaban J connectivity index is 1.79. The fraction of sp³-hybridized carbons (Fsp3) is 0.458. The van der Waals surface area contributed by atoms with Crippen molar-refractivity contribution in [3.05, 3.63) is 58.1 Å². The Morgan fingerprint density at radius 3 is 2.30 bits per heavy atom. The minimum absolute atomic E-state index is 0.00765. The Morgan fingerprint density at radius 2 is 1.73 bits per heavy atom.